The van der Waals surface area contributed by atoms with Crippen LogP contribution in [0.2, 0.25) is 0 Å². The molecule has 3 aromatic rings. The number of rotatable bonds is 13. The zero-order valence-electron chi connectivity index (χ0n) is 26.4. The Morgan fingerprint density at radius 1 is 0.667 bits per heavy atom. The molecule has 5 rings (SSSR count). The van der Waals surface area contributed by atoms with Gasteiger partial charge in [0.1, 0.15) is 17.0 Å². The highest BCUT2D eigenvalue weighted by Gasteiger charge is 2.56. The van der Waals surface area contributed by atoms with Gasteiger partial charge in [-0.05, 0) is 77.4 Å². The Balaban J connectivity index is 1.75. The fourth-order valence-corrected chi connectivity index (χ4v) is 7.11. The SMILES string of the molecule is CCCN(CCC)CCN1C(=O)c2ccccc2C12c1ccc(N(CC)CC)cc1Oc1cc(N(CC)CC)ccc12. The van der Waals surface area contributed by atoms with Crippen LogP contribution in [0.15, 0.2) is 60.7 Å². The second kappa shape index (κ2) is 12.8. The third-order valence-electron chi connectivity index (χ3n) is 9.10. The minimum absolute atomic E-state index is 0.0954. The third kappa shape index (κ3) is 4.94. The normalized spacial score (nSPS) is 14.5. The molecule has 2 heterocycles. The molecule has 0 radical (unpaired) electrons. The molecule has 6 heteroatoms. The topological polar surface area (TPSA) is 39.3 Å². The maximum Gasteiger partial charge on any atom is 0.255 e. The third-order valence-corrected chi connectivity index (χ3v) is 9.10. The van der Waals surface area contributed by atoms with E-state index in [1.807, 2.05) is 12.1 Å². The van der Waals surface area contributed by atoms with Gasteiger partial charge >= 0.3 is 0 Å². The number of amides is 1. The van der Waals surface area contributed by atoms with Crippen molar-refractivity contribution in [3.63, 3.8) is 0 Å². The number of carbonyl (C=O) groups is 1. The first kappa shape index (κ1) is 30.0. The van der Waals surface area contributed by atoms with Crippen molar-refractivity contribution in [2.24, 2.45) is 0 Å². The lowest BCUT2D eigenvalue weighted by atomic mass is 9.74. The molecule has 2 aliphatic rings. The summed E-state index contributed by atoms with van der Waals surface area (Å²) in [6, 6.07) is 21.4. The smallest absolute Gasteiger partial charge is 0.255 e. The van der Waals surface area contributed by atoms with E-state index in [1.54, 1.807) is 0 Å². The highest BCUT2D eigenvalue weighted by Crippen LogP contribution is 2.58. The number of ether oxygens (including phenoxy) is 1. The van der Waals surface area contributed by atoms with Gasteiger partial charge in [-0.15, -0.1) is 0 Å². The van der Waals surface area contributed by atoms with Gasteiger partial charge in [0, 0.05) is 79.5 Å². The van der Waals surface area contributed by atoms with Gasteiger partial charge in [-0.3, -0.25) is 4.79 Å². The minimum Gasteiger partial charge on any atom is -0.456 e. The Bertz CT molecular complexity index is 1330. The van der Waals surface area contributed by atoms with Crippen LogP contribution in [0.3, 0.4) is 0 Å². The largest absolute Gasteiger partial charge is 0.456 e. The molecule has 0 bridgehead atoms. The lowest BCUT2D eigenvalue weighted by molar-refractivity contribution is 0.0635. The number of anilines is 2. The highest BCUT2D eigenvalue weighted by atomic mass is 16.5. The summed E-state index contributed by atoms with van der Waals surface area (Å²) in [7, 11) is 0. The van der Waals surface area contributed by atoms with Crippen LogP contribution in [0.4, 0.5) is 11.4 Å². The zero-order valence-corrected chi connectivity index (χ0v) is 26.4. The van der Waals surface area contributed by atoms with Gasteiger partial charge in [0.25, 0.3) is 5.91 Å². The van der Waals surface area contributed by atoms with E-state index in [-0.39, 0.29) is 5.91 Å². The Morgan fingerprint density at radius 2 is 1.19 bits per heavy atom. The Morgan fingerprint density at radius 3 is 1.69 bits per heavy atom. The Labute approximate surface area is 252 Å². The van der Waals surface area contributed by atoms with E-state index < -0.39 is 5.54 Å². The van der Waals surface area contributed by atoms with Crippen LogP contribution in [0, 0.1) is 0 Å². The van der Waals surface area contributed by atoms with E-state index in [9.17, 15) is 4.79 Å². The van der Waals surface area contributed by atoms with Gasteiger partial charge in [0.15, 0.2) is 0 Å². The maximum atomic E-state index is 14.4. The number of nitrogens with zero attached hydrogens (tertiary/aromatic N) is 4. The predicted molar refractivity (Wildman–Crippen MR) is 174 cm³/mol. The van der Waals surface area contributed by atoms with E-state index in [0.29, 0.717) is 6.54 Å². The lowest BCUT2D eigenvalue weighted by Crippen LogP contribution is -2.50. The molecule has 0 fully saturated rings. The summed E-state index contributed by atoms with van der Waals surface area (Å²) >= 11 is 0. The number of hydrogen-bond acceptors (Lipinski definition) is 5. The van der Waals surface area contributed by atoms with Crippen LogP contribution in [0.25, 0.3) is 0 Å². The molecule has 6 nitrogen and oxygen atoms in total. The number of benzene rings is 3. The Kier molecular flexibility index (Phi) is 9.12. The summed E-state index contributed by atoms with van der Waals surface area (Å²) in [5, 5.41) is 0. The molecule has 2 aliphatic heterocycles. The average Bonchev–Trinajstić information content (AvgIpc) is 3.25. The van der Waals surface area contributed by atoms with Gasteiger partial charge in [-0.2, -0.15) is 0 Å². The van der Waals surface area contributed by atoms with Crippen LogP contribution in [0.5, 0.6) is 11.5 Å². The monoisotopic (exact) mass is 568 g/mol. The van der Waals surface area contributed by atoms with Crippen LogP contribution in [-0.2, 0) is 5.54 Å². The minimum atomic E-state index is -0.760. The zero-order chi connectivity index (χ0) is 29.9. The summed E-state index contributed by atoms with van der Waals surface area (Å²) in [5.74, 6) is 1.76. The molecule has 42 heavy (non-hydrogen) atoms. The van der Waals surface area contributed by atoms with Crippen LogP contribution in [-0.4, -0.2) is 68.1 Å². The average molecular weight is 569 g/mol. The van der Waals surface area contributed by atoms with Crippen molar-refractivity contribution in [1.29, 1.82) is 0 Å². The highest BCUT2D eigenvalue weighted by molar-refractivity contribution is 6.02. The van der Waals surface area contributed by atoms with E-state index in [0.717, 1.165) is 104 Å². The molecule has 0 aromatic heterocycles. The molecular formula is C36H48N4O2. The predicted octanol–water partition coefficient (Wildman–Crippen LogP) is 7.35. The van der Waals surface area contributed by atoms with E-state index in [4.69, 9.17) is 4.74 Å². The first-order valence-electron chi connectivity index (χ1n) is 16.1. The molecule has 0 aliphatic carbocycles. The van der Waals surface area contributed by atoms with E-state index >= 15 is 0 Å². The maximum absolute atomic E-state index is 14.4. The summed E-state index contributed by atoms with van der Waals surface area (Å²) in [6.07, 6.45) is 2.20. The molecule has 0 N–H and O–H groups in total. The first-order chi connectivity index (χ1) is 20.5. The van der Waals surface area contributed by atoms with Crippen molar-refractivity contribution in [2.75, 3.05) is 62.2 Å². The summed E-state index contributed by atoms with van der Waals surface area (Å²) in [6.45, 7) is 20.4. The quantitative estimate of drug-likeness (QED) is 0.216. The lowest BCUT2D eigenvalue weighted by Gasteiger charge is -2.45. The van der Waals surface area contributed by atoms with Crippen LogP contribution in [0.1, 0.15) is 81.4 Å². The van der Waals surface area contributed by atoms with Crippen molar-refractivity contribution in [3.05, 3.63) is 82.9 Å². The summed E-state index contributed by atoms with van der Waals surface area (Å²) in [5.41, 5.74) is 5.43. The molecule has 1 spiro atoms. The van der Waals surface area contributed by atoms with Crippen LogP contribution >= 0.6 is 0 Å². The number of carbonyl (C=O) groups excluding carboxylic acids is 1. The van der Waals surface area contributed by atoms with Crippen LogP contribution < -0.4 is 14.5 Å². The number of hydrogen-bond donors (Lipinski definition) is 0. The van der Waals surface area contributed by atoms with Gasteiger partial charge < -0.3 is 24.3 Å². The second-order valence-corrected chi connectivity index (χ2v) is 11.4. The second-order valence-electron chi connectivity index (χ2n) is 11.4. The van der Waals surface area contributed by atoms with Crippen molar-refractivity contribution in [2.45, 2.75) is 59.9 Å². The molecule has 0 saturated heterocycles. The molecule has 224 valence electrons. The van der Waals surface area contributed by atoms with Gasteiger partial charge in [0.2, 0.25) is 0 Å². The molecule has 1 amide bonds. The Hall–Kier alpha value is -3.51. The van der Waals surface area contributed by atoms with Gasteiger partial charge in [-0.1, -0.05) is 44.2 Å². The van der Waals surface area contributed by atoms with Crippen molar-refractivity contribution in [1.82, 2.24) is 9.80 Å². The molecule has 0 unspecified atom stereocenters. The molecule has 3 aromatic carbocycles. The van der Waals surface area contributed by atoms with E-state index in [1.165, 1.54) is 0 Å². The molecular weight excluding hydrogens is 520 g/mol. The van der Waals surface area contributed by atoms with Gasteiger partial charge in [0.05, 0.1) is 0 Å². The fourth-order valence-electron chi connectivity index (χ4n) is 7.11. The van der Waals surface area contributed by atoms with E-state index in [2.05, 4.69) is 110 Å². The van der Waals surface area contributed by atoms with Crippen molar-refractivity contribution in [3.8, 4) is 11.5 Å². The van der Waals surface area contributed by atoms with Crippen molar-refractivity contribution >= 4 is 17.3 Å². The fraction of sp³-hybridized carbons (Fsp3) is 0.472. The van der Waals surface area contributed by atoms with Crippen molar-refractivity contribution < 1.29 is 9.53 Å². The number of fused-ring (bicyclic) bond motifs is 6. The molecule has 0 atom stereocenters. The standard InChI is InChI=1S/C36H48N4O2/c1-7-21-37(22-8-2)23-24-40-35(41)29-15-13-14-16-30(29)36(40)31-19-17-27(38(9-3)10-4)25-33(31)42-34-26-28(18-20-32(34)36)39(11-5)12-6/h13-20,25-26H,7-12,21-24H2,1-6H3. The van der Waals surface area contributed by atoms with Gasteiger partial charge in [-0.25, -0.2) is 0 Å². The molecule has 0 saturated carbocycles. The first-order valence-corrected chi connectivity index (χ1v) is 16.1. The summed E-state index contributed by atoms with van der Waals surface area (Å²) < 4.78 is 6.82. The summed E-state index contributed by atoms with van der Waals surface area (Å²) in [4.78, 5) is 23.7.